The molecule has 1 nitrogen and oxygen atoms in total. The van der Waals surface area contributed by atoms with Gasteiger partial charge in [-0.05, 0) is 107 Å². The molecular weight excluding hydrogens is 593 g/mol. The Morgan fingerprint density at radius 2 is 1.00 bits per heavy atom. The van der Waals surface area contributed by atoms with Crippen LogP contribution in [0.25, 0.3) is 98.8 Å². The van der Waals surface area contributed by atoms with Crippen molar-refractivity contribution in [1.29, 1.82) is 0 Å². The first kappa shape index (κ1) is 13.6. The minimum Gasteiger partial charge on any atom is -0.456 e. The van der Waals surface area contributed by atoms with E-state index in [9.17, 15) is 8.22 Å². The maximum Gasteiger partial charge on any atom is 0.136 e. The average Bonchev–Trinajstić information content (AvgIpc) is 3.76. The van der Waals surface area contributed by atoms with Gasteiger partial charge >= 0.3 is 0 Å². The molecule has 228 valence electrons. The van der Waals surface area contributed by atoms with Gasteiger partial charge in [-0.15, -0.1) is 0 Å². The lowest BCUT2D eigenvalue weighted by molar-refractivity contribution is 0.669. The molecule has 1 heterocycles. The van der Waals surface area contributed by atoms with E-state index in [0.717, 1.165) is 0 Å². The van der Waals surface area contributed by atoms with Crippen molar-refractivity contribution in [3.05, 3.63) is 181 Å². The molecule has 0 radical (unpaired) electrons. The third-order valence-corrected chi connectivity index (χ3v) is 8.44. The summed E-state index contributed by atoms with van der Waals surface area (Å²) < 4.78 is 202. The summed E-state index contributed by atoms with van der Waals surface area (Å²) >= 11 is 0. The first-order chi connectivity index (χ1) is 33.5. The highest BCUT2D eigenvalue weighted by atomic mass is 16.3. The van der Waals surface area contributed by atoms with Crippen LogP contribution in [0.1, 0.15) is 30.2 Å². The second-order valence-corrected chi connectivity index (χ2v) is 11.1. The smallest absolute Gasteiger partial charge is 0.136 e. The molecule has 10 rings (SSSR count). The minimum atomic E-state index is -0.779. The molecule has 0 saturated heterocycles. The lowest BCUT2D eigenvalue weighted by Crippen LogP contribution is -1.92. The van der Waals surface area contributed by atoms with E-state index in [-0.39, 0.29) is 60.2 Å². The molecule has 0 bridgehead atoms. The van der Waals surface area contributed by atoms with Gasteiger partial charge in [-0.3, -0.25) is 0 Å². The first-order valence-electron chi connectivity index (χ1n) is 26.1. The van der Waals surface area contributed by atoms with Crippen molar-refractivity contribution in [1.82, 2.24) is 0 Å². The first-order valence-corrected chi connectivity index (χ1v) is 15.1. The minimum absolute atomic E-state index is 0.105. The van der Waals surface area contributed by atoms with E-state index >= 15 is 0 Å². The maximum atomic E-state index is 9.95. The van der Waals surface area contributed by atoms with E-state index in [1.54, 1.807) is 48.5 Å². The van der Waals surface area contributed by atoms with Crippen molar-refractivity contribution in [3.63, 3.8) is 0 Å². The molecule has 0 atom stereocenters. The predicted octanol–water partition coefficient (Wildman–Crippen LogP) is 13.7. The van der Waals surface area contributed by atoms with Crippen molar-refractivity contribution in [2.24, 2.45) is 0 Å². The summed E-state index contributed by atoms with van der Waals surface area (Å²) in [6.07, 6.45) is 0. The van der Waals surface area contributed by atoms with Gasteiger partial charge in [0.05, 0.1) is 30.2 Å². The molecule has 0 N–H and O–H groups in total. The topological polar surface area (TPSA) is 13.1 Å². The number of benzene rings is 9. The third kappa shape index (κ3) is 4.40. The van der Waals surface area contributed by atoms with E-state index in [1.807, 2.05) is 0 Å². The molecule has 10 aromatic rings. The van der Waals surface area contributed by atoms with Gasteiger partial charge in [-0.2, -0.15) is 0 Å². The highest BCUT2D eigenvalue weighted by Gasteiger charge is 2.21. The van der Waals surface area contributed by atoms with Crippen LogP contribution >= 0.6 is 0 Å². The maximum absolute atomic E-state index is 9.95. The van der Waals surface area contributed by atoms with Crippen LogP contribution in [0, 0.1) is 0 Å². The van der Waals surface area contributed by atoms with Gasteiger partial charge in [0.1, 0.15) is 11.2 Å². The van der Waals surface area contributed by atoms with Crippen LogP contribution in [-0.2, 0) is 0 Å². The zero-order valence-electron chi connectivity index (χ0n) is 47.0. The SMILES string of the molecule is [2H]c1c([2H])c([2H])c(-c2c([2H])c([2H])c3c(oc4c([2H])c([2H])c([2H])c(-c5c6ccccc6c(-c6c([2H])c(-c7c([2H])c([2H])c([2H])c([2H])c7[2H])c7c([2H])c([2H])c([2H])c([2H])c7c6[2H])c6ccccc56)c43)c2[2H])c([2H])c1[2H]. The van der Waals surface area contributed by atoms with E-state index in [0.29, 0.717) is 0 Å². The lowest BCUT2D eigenvalue weighted by atomic mass is 9.83. The molecule has 0 aliphatic carbocycles. The van der Waals surface area contributed by atoms with Crippen LogP contribution in [0.3, 0.4) is 0 Å². The van der Waals surface area contributed by atoms with Gasteiger partial charge in [0.2, 0.25) is 0 Å². The summed E-state index contributed by atoms with van der Waals surface area (Å²) in [5.74, 6) is 0. The van der Waals surface area contributed by atoms with Crippen LogP contribution in [0.4, 0.5) is 0 Å². The highest BCUT2D eigenvalue weighted by molar-refractivity contribution is 6.26. The van der Waals surface area contributed by atoms with E-state index in [2.05, 4.69) is 0 Å². The zero-order valence-corrected chi connectivity index (χ0v) is 25.0. The zero-order chi connectivity index (χ0) is 51.5. The van der Waals surface area contributed by atoms with Crippen molar-refractivity contribution < 1.29 is 34.6 Å². The fourth-order valence-electron chi connectivity index (χ4n) is 6.43. The lowest BCUT2D eigenvalue weighted by Gasteiger charge is -2.19. The summed E-state index contributed by atoms with van der Waals surface area (Å²) in [5.41, 5.74) is -2.94. The fourth-order valence-corrected chi connectivity index (χ4v) is 6.43. The van der Waals surface area contributed by atoms with Crippen LogP contribution in [0.15, 0.2) is 186 Å². The fraction of sp³-hybridized carbons (Fsp3) is 0. The quantitative estimate of drug-likeness (QED) is 0.174. The van der Waals surface area contributed by atoms with Gasteiger partial charge in [-0.1, -0.05) is 151 Å². The number of hydrogen-bond donors (Lipinski definition) is 0. The molecule has 1 heteroatoms. The van der Waals surface area contributed by atoms with Crippen LogP contribution in [0.5, 0.6) is 0 Å². The highest BCUT2D eigenvalue weighted by Crippen LogP contribution is 2.48. The molecule has 0 aliphatic rings. The van der Waals surface area contributed by atoms with Crippen LogP contribution < -0.4 is 0 Å². The Bertz CT molecular complexity index is 4030. The Morgan fingerprint density at radius 1 is 0.367 bits per heavy atom. The molecule has 9 aromatic carbocycles. The second kappa shape index (κ2) is 11.1. The summed E-state index contributed by atoms with van der Waals surface area (Å²) in [5, 5.41) is -0.207. The Kier molecular flexibility index (Phi) is 3.07. The summed E-state index contributed by atoms with van der Waals surface area (Å²) in [7, 11) is 0. The van der Waals surface area contributed by atoms with Gasteiger partial charge in [-0.25, -0.2) is 0 Å². The van der Waals surface area contributed by atoms with E-state index < -0.39 is 172 Å². The third-order valence-electron chi connectivity index (χ3n) is 8.44. The van der Waals surface area contributed by atoms with Crippen molar-refractivity contribution in [2.45, 2.75) is 0 Å². The standard InChI is InChI=1S/C48H30O/c1-3-14-31(15-4-1)33-26-27-41-45(30-33)49-44-25-13-24-42(48(41)44)47-39-22-11-9-20-37(39)46(38-21-10-12-23-40(38)47)35-28-34-18-7-8-19-36(34)43(29-35)32-16-5-2-6-17-32/h1-30H/i1D,2D,3D,4D,5D,6D,7D,8D,13D,14D,15D,16D,17D,18D,19D,24D,25D,26D,27D,28D,29D,30D. The van der Waals surface area contributed by atoms with Crippen molar-refractivity contribution >= 4 is 54.3 Å². The molecule has 0 spiro atoms. The van der Waals surface area contributed by atoms with Gasteiger partial charge in [0, 0.05) is 10.8 Å². The normalized spacial score (nSPS) is 18.0. The Hall–Kier alpha value is -6.44. The number of furan rings is 1. The Balaban J connectivity index is 1.40. The molecule has 0 unspecified atom stereocenters. The van der Waals surface area contributed by atoms with Crippen LogP contribution in [-0.4, -0.2) is 0 Å². The summed E-state index contributed by atoms with van der Waals surface area (Å²) in [6.45, 7) is 0. The van der Waals surface area contributed by atoms with Gasteiger partial charge in [0.15, 0.2) is 0 Å². The second-order valence-electron chi connectivity index (χ2n) is 11.1. The molecule has 0 saturated carbocycles. The molecule has 0 amide bonds. The largest absolute Gasteiger partial charge is 0.456 e. The Labute approximate surface area is 315 Å². The molecular formula is C48H30O. The molecule has 1 aromatic heterocycles. The number of fused-ring (bicyclic) bond motifs is 6. The van der Waals surface area contributed by atoms with Crippen molar-refractivity contribution in [3.8, 4) is 44.5 Å². The van der Waals surface area contributed by atoms with E-state index in [1.165, 1.54) is 0 Å². The van der Waals surface area contributed by atoms with Gasteiger partial charge in [0.25, 0.3) is 0 Å². The van der Waals surface area contributed by atoms with Crippen LogP contribution in [0.2, 0.25) is 0 Å². The molecule has 49 heavy (non-hydrogen) atoms. The van der Waals surface area contributed by atoms with Crippen molar-refractivity contribution in [2.75, 3.05) is 0 Å². The number of hydrogen-bond acceptors (Lipinski definition) is 1. The number of rotatable bonds is 4. The van der Waals surface area contributed by atoms with Gasteiger partial charge < -0.3 is 4.42 Å². The summed E-state index contributed by atoms with van der Waals surface area (Å²) in [4.78, 5) is 0. The molecule has 0 aliphatic heterocycles. The predicted molar refractivity (Wildman–Crippen MR) is 208 cm³/mol. The monoisotopic (exact) mass is 644 g/mol. The summed E-state index contributed by atoms with van der Waals surface area (Å²) in [6, 6.07) is -2.56. The average molecular weight is 645 g/mol. The van der Waals surface area contributed by atoms with E-state index in [4.69, 9.17) is 26.3 Å². The Morgan fingerprint density at radius 3 is 1.71 bits per heavy atom. The molecule has 0 fully saturated rings.